The quantitative estimate of drug-likeness (QED) is 0.377. The fraction of sp³-hybridized carbons (Fsp3) is 0.500. The van der Waals surface area contributed by atoms with E-state index in [1.807, 2.05) is 37.4 Å². The summed E-state index contributed by atoms with van der Waals surface area (Å²) in [4.78, 5) is 6.89. The molecule has 1 aromatic rings. The molecule has 1 fully saturated rings. The number of aliphatic imine (C=N–C) groups is 1. The second-order valence-corrected chi connectivity index (χ2v) is 5.67. The van der Waals surface area contributed by atoms with Gasteiger partial charge in [-0.1, -0.05) is 32.0 Å². The molecule has 2 N–H and O–H groups in total. The number of nitriles is 1. The molecule has 0 spiro atoms. The summed E-state index contributed by atoms with van der Waals surface area (Å²) in [5.74, 6) is 1.13. The zero-order chi connectivity index (χ0) is 15.2. The van der Waals surface area contributed by atoms with Crippen molar-refractivity contribution in [3.05, 3.63) is 29.8 Å². The smallest absolute Gasteiger partial charge is 0.212 e. The molecule has 1 aliphatic heterocycles. The number of rotatable bonds is 2. The molecule has 1 aromatic carbocycles. The number of nitrogens with zero attached hydrogens (tertiary/aromatic N) is 3. The normalized spacial score (nSPS) is 19.5. The van der Waals surface area contributed by atoms with E-state index >= 15 is 0 Å². The van der Waals surface area contributed by atoms with Crippen molar-refractivity contribution in [1.29, 1.82) is 5.26 Å². The lowest BCUT2D eigenvalue weighted by molar-refractivity contribution is 0.202. The zero-order valence-electron chi connectivity index (χ0n) is 12.9. The van der Waals surface area contributed by atoms with Crippen molar-refractivity contribution in [1.82, 2.24) is 15.5 Å². The first-order valence-electron chi connectivity index (χ1n) is 7.40. The van der Waals surface area contributed by atoms with Crippen LogP contribution in [0.25, 0.3) is 0 Å². The van der Waals surface area contributed by atoms with Crippen molar-refractivity contribution in [2.45, 2.75) is 26.8 Å². The summed E-state index contributed by atoms with van der Waals surface area (Å²) in [5.41, 5.74) is 2.00. The predicted molar refractivity (Wildman–Crippen MR) is 85.2 cm³/mol. The van der Waals surface area contributed by atoms with Crippen LogP contribution in [0, 0.1) is 24.3 Å². The molecule has 112 valence electrons. The van der Waals surface area contributed by atoms with Crippen LogP contribution in [0.4, 0.5) is 5.69 Å². The Morgan fingerprint density at radius 2 is 2.24 bits per heavy atom. The Kier molecular flexibility index (Phi) is 5.18. The first kappa shape index (κ1) is 15.3. The van der Waals surface area contributed by atoms with Gasteiger partial charge in [0.15, 0.2) is 6.19 Å². The van der Waals surface area contributed by atoms with Gasteiger partial charge < -0.3 is 10.2 Å². The van der Waals surface area contributed by atoms with Crippen LogP contribution < -0.4 is 10.6 Å². The van der Waals surface area contributed by atoms with Crippen LogP contribution in [-0.2, 0) is 0 Å². The highest BCUT2D eigenvalue weighted by atomic mass is 15.3. The van der Waals surface area contributed by atoms with E-state index in [0.717, 1.165) is 30.9 Å². The number of para-hydroxylation sites is 1. The monoisotopic (exact) mass is 285 g/mol. The van der Waals surface area contributed by atoms with Crippen molar-refractivity contribution in [2.24, 2.45) is 10.9 Å². The highest BCUT2D eigenvalue weighted by Crippen LogP contribution is 2.20. The third-order valence-electron chi connectivity index (χ3n) is 3.83. The maximum atomic E-state index is 9.06. The molecule has 0 aromatic heterocycles. The second kappa shape index (κ2) is 7.09. The van der Waals surface area contributed by atoms with Crippen LogP contribution >= 0.6 is 0 Å². The van der Waals surface area contributed by atoms with E-state index in [-0.39, 0.29) is 0 Å². The average molecular weight is 285 g/mol. The van der Waals surface area contributed by atoms with Gasteiger partial charge in [0.2, 0.25) is 5.96 Å². The first-order valence-corrected chi connectivity index (χ1v) is 7.40. The predicted octanol–water partition coefficient (Wildman–Crippen LogP) is 1.98. The summed E-state index contributed by atoms with van der Waals surface area (Å²) < 4.78 is 0. The number of hydrogen-bond acceptors (Lipinski definition) is 3. The lowest BCUT2D eigenvalue weighted by Gasteiger charge is -2.39. The third-order valence-corrected chi connectivity index (χ3v) is 3.83. The molecule has 1 heterocycles. The third kappa shape index (κ3) is 3.73. The summed E-state index contributed by atoms with van der Waals surface area (Å²) in [6.07, 6.45) is 2.02. The maximum Gasteiger partial charge on any atom is 0.212 e. The molecular weight excluding hydrogens is 262 g/mol. The molecule has 5 nitrogen and oxygen atoms in total. The Bertz CT molecular complexity index is 544. The van der Waals surface area contributed by atoms with E-state index < -0.39 is 0 Å². The standard InChI is InChI=1S/C16H23N5/c1-12(2)15-10-18-8-9-21(15)16(19-11-17)20-14-7-5-4-6-13(14)3/h4-7,12,15,18H,8-10H2,1-3H3,(H,19,20)/t15-/m1/s1. The highest BCUT2D eigenvalue weighted by Gasteiger charge is 2.27. The van der Waals surface area contributed by atoms with Gasteiger partial charge in [-0.15, -0.1) is 0 Å². The molecule has 2 rings (SSSR count). The number of guanidine groups is 1. The Morgan fingerprint density at radius 3 is 2.90 bits per heavy atom. The molecule has 0 amide bonds. The van der Waals surface area contributed by atoms with Crippen molar-refractivity contribution in [3.8, 4) is 6.19 Å². The van der Waals surface area contributed by atoms with Gasteiger partial charge >= 0.3 is 0 Å². The zero-order valence-corrected chi connectivity index (χ0v) is 12.9. The lowest BCUT2D eigenvalue weighted by Crippen LogP contribution is -2.58. The van der Waals surface area contributed by atoms with Gasteiger partial charge in [0.25, 0.3) is 0 Å². The number of hydrogen-bond donors (Lipinski definition) is 2. The summed E-state index contributed by atoms with van der Waals surface area (Å²) in [5, 5.41) is 15.2. The Hall–Kier alpha value is -2.06. The molecule has 5 heteroatoms. The Labute approximate surface area is 126 Å². The minimum Gasteiger partial charge on any atom is -0.336 e. The van der Waals surface area contributed by atoms with Gasteiger partial charge in [0.1, 0.15) is 0 Å². The van der Waals surface area contributed by atoms with Crippen LogP contribution in [0.2, 0.25) is 0 Å². The van der Waals surface area contributed by atoms with Gasteiger partial charge in [0.05, 0.1) is 5.69 Å². The van der Waals surface area contributed by atoms with E-state index in [1.54, 1.807) is 0 Å². The van der Waals surface area contributed by atoms with Gasteiger partial charge in [0, 0.05) is 25.7 Å². The molecule has 0 saturated carbocycles. The summed E-state index contributed by atoms with van der Waals surface area (Å²) in [6.45, 7) is 9.09. The largest absolute Gasteiger partial charge is 0.336 e. The van der Waals surface area contributed by atoms with E-state index in [2.05, 4.69) is 34.4 Å². The van der Waals surface area contributed by atoms with Crippen LogP contribution in [0.15, 0.2) is 29.3 Å². The minimum absolute atomic E-state index is 0.336. The van der Waals surface area contributed by atoms with Crippen LogP contribution in [0.5, 0.6) is 0 Å². The van der Waals surface area contributed by atoms with Crippen molar-refractivity contribution < 1.29 is 0 Å². The average Bonchev–Trinajstić information content (AvgIpc) is 2.49. The maximum absolute atomic E-state index is 9.06. The van der Waals surface area contributed by atoms with Crippen LogP contribution in [0.3, 0.4) is 0 Å². The fourth-order valence-corrected chi connectivity index (χ4v) is 2.60. The Morgan fingerprint density at radius 1 is 1.48 bits per heavy atom. The van der Waals surface area contributed by atoms with Gasteiger partial charge in [-0.2, -0.15) is 5.26 Å². The summed E-state index contributed by atoms with van der Waals surface area (Å²) >= 11 is 0. The van der Waals surface area contributed by atoms with E-state index in [9.17, 15) is 0 Å². The summed E-state index contributed by atoms with van der Waals surface area (Å²) in [6, 6.07) is 8.30. The second-order valence-electron chi connectivity index (χ2n) is 5.67. The number of nitrogens with one attached hydrogen (secondary N) is 2. The van der Waals surface area contributed by atoms with Crippen LogP contribution in [0.1, 0.15) is 19.4 Å². The van der Waals surface area contributed by atoms with E-state index in [1.165, 1.54) is 0 Å². The molecular formula is C16H23N5. The van der Waals surface area contributed by atoms with Gasteiger partial charge in [-0.25, -0.2) is 4.99 Å². The lowest BCUT2D eigenvalue weighted by atomic mass is 10.0. The SMILES string of the molecule is Cc1ccccc1N=C(NC#N)N1CCNC[C@@H]1C(C)C. The number of piperazine rings is 1. The molecule has 21 heavy (non-hydrogen) atoms. The van der Waals surface area contributed by atoms with Crippen LogP contribution in [-0.4, -0.2) is 36.5 Å². The van der Waals surface area contributed by atoms with Crippen molar-refractivity contribution in [3.63, 3.8) is 0 Å². The molecule has 0 unspecified atom stereocenters. The fourth-order valence-electron chi connectivity index (χ4n) is 2.60. The number of aryl methyl sites for hydroxylation is 1. The molecule has 0 bridgehead atoms. The number of benzene rings is 1. The van der Waals surface area contributed by atoms with Gasteiger partial charge in [-0.05, 0) is 24.5 Å². The molecule has 0 radical (unpaired) electrons. The van der Waals surface area contributed by atoms with E-state index in [4.69, 9.17) is 5.26 Å². The summed E-state index contributed by atoms with van der Waals surface area (Å²) in [7, 11) is 0. The van der Waals surface area contributed by atoms with Gasteiger partial charge in [-0.3, -0.25) is 5.32 Å². The highest BCUT2D eigenvalue weighted by molar-refractivity contribution is 5.84. The molecule has 0 aliphatic carbocycles. The Balaban J connectivity index is 2.33. The topological polar surface area (TPSA) is 63.5 Å². The van der Waals surface area contributed by atoms with Crippen molar-refractivity contribution in [2.75, 3.05) is 19.6 Å². The molecule has 1 atom stereocenters. The van der Waals surface area contributed by atoms with Crippen molar-refractivity contribution >= 4 is 11.6 Å². The first-order chi connectivity index (χ1) is 10.1. The molecule has 1 saturated heterocycles. The van der Waals surface area contributed by atoms with E-state index in [0.29, 0.717) is 17.9 Å². The molecule has 1 aliphatic rings. The minimum atomic E-state index is 0.336.